The molecule has 0 unspecified atom stereocenters. The van der Waals surface area contributed by atoms with Crippen LogP contribution in [-0.2, 0) is 17.8 Å². The van der Waals surface area contributed by atoms with Crippen LogP contribution in [0.1, 0.15) is 27.2 Å². The minimum atomic E-state index is -0.329. The first kappa shape index (κ1) is 23.0. The van der Waals surface area contributed by atoms with Gasteiger partial charge in [0.15, 0.2) is 0 Å². The first-order valence-corrected chi connectivity index (χ1v) is 11.2. The average Bonchev–Trinajstić information content (AvgIpc) is 2.85. The number of hydrogen-bond donors (Lipinski definition) is 0. The molecule has 0 radical (unpaired) electrons. The Balaban J connectivity index is 1.48. The van der Waals surface area contributed by atoms with Crippen molar-refractivity contribution in [3.63, 3.8) is 0 Å². The lowest BCUT2D eigenvalue weighted by atomic mass is 10.0. The highest BCUT2D eigenvalue weighted by molar-refractivity contribution is 5.98. The number of fused-ring (bicyclic) bond motifs is 1. The molecule has 1 fully saturated rings. The number of aryl methyl sites for hydroxylation is 1. The fraction of sp³-hybridized carbons (Fsp3) is 0.385. The third-order valence-electron chi connectivity index (χ3n) is 6.34. The number of ether oxygens (including phenoxy) is 3. The van der Waals surface area contributed by atoms with Crippen LogP contribution in [0.25, 0.3) is 10.9 Å². The summed E-state index contributed by atoms with van der Waals surface area (Å²) in [5.74, 6) is 1.37. The molecule has 0 atom stereocenters. The van der Waals surface area contributed by atoms with Gasteiger partial charge in [0, 0.05) is 50.2 Å². The largest absolute Gasteiger partial charge is 0.497 e. The summed E-state index contributed by atoms with van der Waals surface area (Å²) >= 11 is 0. The van der Waals surface area contributed by atoms with Crippen LogP contribution in [0.4, 0.5) is 0 Å². The number of carbonyl (C=O) groups is 1. The van der Waals surface area contributed by atoms with E-state index in [1.807, 2.05) is 49.4 Å². The van der Waals surface area contributed by atoms with E-state index in [2.05, 4.69) is 9.80 Å². The number of pyridine rings is 1. The van der Waals surface area contributed by atoms with E-state index >= 15 is 0 Å². The van der Waals surface area contributed by atoms with Crippen molar-refractivity contribution in [1.29, 1.82) is 0 Å². The molecule has 7 heteroatoms. The van der Waals surface area contributed by atoms with E-state index in [1.54, 1.807) is 14.2 Å². The molecule has 0 amide bonds. The molecule has 2 heterocycles. The number of rotatable bonds is 7. The minimum absolute atomic E-state index is 0.329. The lowest BCUT2D eigenvalue weighted by molar-refractivity contribution is 0.0595. The van der Waals surface area contributed by atoms with Gasteiger partial charge in [0.1, 0.15) is 11.5 Å². The van der Waals surface area contributed by atoms with E-state index in [4.69, 9.17) is 19.2 Å². The molecular formula is C26H31N3O4. The minimum Gasteiger partial charge on any atom is -0.497 e. The summed E-state index contributed by atoms with van der Waals surface area (Å²) in [4.78, 5) is 22.2. The number of esters is 1. The second-order valence-corrected chi connectivity index (χ2v) is 8.30. The Hall–Kier alpha value is -3.16. The van der Waals surface area contributed by atoms with Gasteiger partial charge in [0.2, 0.25) is 0 Å². The topological polar surface area (TPSA) is 64.1 Å². The monoisotopic (exact) mass is 449 g/mol. The molecule has 1 aromatic heterocycles. The van der Waals surface area contributed by atoms with E-state index in [9.17, 15) is 4.79 Å². The second kappa shape index (κ2) is 10.2. The van der Waals surface area contributed by atoms with E-state index in [1.165, 1.54) is 7.11 Å². The summed E-state index contributed by atoms with van der Waals surface area (Å²) in [6.07, 6.45) is 0. The first-order chi connectivity index (χ1) is 16.0. The van der Waals surface area contributed by atoms with Crippen molar-refractivity contribution in [3.05, 3.63) is 64.8 Å². The maximum Gasteiger partial charge on any atom is 0.340 e. The number of benzene rings is 2. The molecule has 7 nitrogen and oxygen atoms in total. The SMILES string of the molecule is COC(=O)c1c(CN2CCN(Cc3cc(OC)ccc3OC)CC2)nc2ccccc2c1C. The highest BCUT2D eigenvalue weighted by atomic mass is 16.5. The van der Waals surface area contributed by atoms with Gasteiger partial charge in [-0.2, -0.15) is 0 Å². The lowest BCUT2D eigenvalue weighted by Gasteiger charge is -2.35. The summed E-state index contributed by atoms with van der Waals surface area (Å²) in [6, 6.07) is 13.8. The third kappa shape index (κ3) is 4.94. The van der Waals surface area contributed by atoms with Crippen LogP contribution in [0.2, 0.25) is 0 Å². The highest BCUT2D eigenvalue weighted by Crippen LogP contribution is 2.27. The molecule has 33 heavy (non-hydrogen) atoms. The van der Waals surface area contributed by atoms with Gasteiger partial charge in [-0.15, -0.1) is 0 Å². The van der Waals surface area contributed by atoms with Gasteiger partial charge < -0.3 is 14.2 Å². The predicted octanol–water partition coefficient (Wildman–Crippen LogP) is 3.66. The zero-order chi connectivity index (χ0) is 23.4. The Morgan fingerprint density at radius 1 is 0.939 bits per heavy atom. The Labute approximate surface area is 194 Å². The summed E-state index contributed by atoms with van der Waals surface area (Å²) < 4.78 is 16.0. The van der Waals surface area contributed by atoms with Crippen molar-refractivity contribution in [1.82, 2.24) is 14.8 Å². The van der Waals surface area contributed by atoms with Crippen LogP contribution in [0.5, 0.6) is 11.5 Å². The zero-order valence-corrected chi connectivity index (χ0v) is 19.8. The fourth-order valence-electron chi connectivity index (χ4n) is 4.49. The maximum absolute atomic E-state index is 12.6. The third-order valence-corrected chi connectivity index (χ3v) is 6.34. The molecule has 1 aliphatic rings. The first-order valence-electron chi connectivity index (χ1n) is 11.2. The van der Waals surface area contributed by atoms with Crippen LogP contribution in [0.15, 0.2) is 42.5 Å². The summed E-state index contributed by atoms with van der Waals surface area (Å²) in [5.41, 5.74) is 4.30. The van der Waals surface area contributed by atoms with Crippen molar-refractivity contribution < 1.29 is 19.0 Å². The van der Waals surface area contributed by atoms with E-state index in [0.29, 0.717) is 12.1 Å². The number of methoxy groups -OCH3 is 3. The molecule has 1 aliphatic heterocycles. The predicted molar refractivity (Wildman–Crippen MR) is 128 cm³/mol. The zero-order valence-electron chi connectivity index (χ0n) is 19.8. The van der Waals surface area contributed by atoms with Crippen molar-refractivity contribution in [2.45, 2.75) is 20.0 Å². The number of carbonyl (C=O) groups excluding carboxylic acids is 1. The summed E-state index contributed by atoms with van der Waals surface area (Å²) in [5, 5.41) is 0.985. The molecule has 1 saturated heterocycles. The second-order valence-electron chi connectivity index (χ2n) is 8.30. The standard InChI is InChI=1S/C26H31N3O4/c1-18-21-7-5-6-8-22(21)27-23(25(18)26(30)33-4)17-29-13-11-28(12-14-29)16-19-15-20(31-2)9-10-24(19)32-3/h5-10,15H,11-14,16-17H2,1-4H3. The smallest absolute Gasteiger partial charge is 0.340 e. The van der Waals surface area contributed by atoms with Crippen LogP contribution in [0, 0.1) is 6.92 Å². The Bertz CT molecular complexity index is 1140. The highest BCUT2D eigenvalue weighted by Gasteiger charge is 2.24. The van der Waals surface area contributed by atoms with Crippen molar-refractivity contribution in [2.24, 2.45) is 0 Å². The molecule has 0 bridgehead atoms. The number of nitrogens with zero attached hydrogens (tertiary/aromatic N) is 3. The number of aromatic nitrogens is 1. The van der Waals surface area contributed by atoms with Gasteiger partial charge >= 0.3 is 5.97 Å². The molecule has 0 N–H and O–H groups in total. The van der Waals surface area contributed by atoms with Crippen LogP contribution in [0.3, 0.4) is 0 Å². The van der Waals surface area contributed by atoms with Crippen molar-refractivity contribution in [3.8, 4) is 11.5 Å². The molecule has 0 saturated carbocycles. The van der Waals surface area contributed by atoms with E-state index in [0.717, 1.165) is 71.9 Å². The summed E-state index contributed by atoms with van der Waals surface area (Å²) in [6.45, 7) is 7.00. The fourth-order valence-corrected chi connectivity index (χ4v) is 4.49. The van der Waals surface area contributed by atoms with Gasteiger partial charge in [-0.05, 0) is 36.8 Å². The normalized spacial score (nSPS) is 14.9. The molecule has 3 aromatic rings. The number of hydrogen-bond acceptors (Lipinski definition) is 7. The quantitative estimate of drug-likeness (QED) is 0.510. The molecule has 0 aliphatic carbocycles. The number of para-hydroxylation sites is 1. The van der Waals surface area contributed by atoms with Gasteiger partial charge in [0.05, 0.1) is 38.1 Å². The molecule has 174 valence electrons. The van der Waals surface area contributed by atoms with Gasteiger partial charge in [-0.1, -0.05) is 18.2 Å². The Morgan fingerprint density at radius 2 is 1.64 bits per heavy atom. The van der Waals surface area contributed by atoms with Crippen LogP contribution in [-0.4, -0.2) is 68.3 Å². The molecular weight excluding hydrogens is 418 g/mol. The summed E-state index contributed by atoms with van der Waals surface area (Å²) in [7, 11) is 4.79. The Morgan fingerprint density at radius 3 is 2.30 bits per heavy atom. The van der Waals surface area contributed by atoms with Gasteiger partial charge in [-0.25, -0.2) is 4.79 Å². The van der Waals surface area contributed by atoms with Crippen molar-refractivity contribution in [2.75, 3.05) is 47.5 Å². The molecule has 0 spiro atoms. The average molecular weight is 450 g/mol. The molecule has 4 rings (SSSR count). The van der Waals surface area contributed by atoms with Crippen LogP contribution >= 0.6 is 0 Å². The van der Waals surface area contributed by atoms with Crippen molar-refractivity contribution >= 4 is 16.9 Å². The number of piperazine rings is 1. The Kier molecular flexibility index (Phi) is 7.11. The van der Waals surface area contributed by atoms with E-state index < -0.39 is 0 Å². The maximum atomic E-state index is 12.6. The van der Waals surface area contributed by atoms with Crippen LogP contribution < -0.4 is 9.47 Å². The van der Waals surface area contributed by atoms with Gasteiger partial charge in [0.25, 0.3) is 0 Å². The molecule has 2 aromatic carbocycles. The van der Waals surface area contributed by atoms with E-state index in [-0.39, 0.29) is 5.97 Å². The van der Waals surface area contributed by atoms with Gasteiger partial charge in [-0.3, -0.25) is 14.8 Å². The lowest BCUT2D eigenvalue weighted by Crippen LogP contribution is -2.45.